The Kier molecular flexibility index (Phi) is 6.29. The van der Waals surface area contributed by atoms with Gasteiger partial charge in [0.15, 0.2) is 0 Å². The van der Waals surface area contributed by atoms with Gasteiger partial charge in [0, 0.05) is 24.8 Å². The Morgan fingerprint density at radius 1 is 1.14 bits per heavy atom. The maximum atomic E-state index is 14.6. The number of ether oxygens (including phenoxy) is 2. The first kappa shape index (κ1) is 20.5. The molecule has 0 aliphatic carbocycles. The number of carbonyl (C=O) groups is 2. The Bertz CT molecular complexity index is 938. The second-order valence-electron chi connectivity index (χ2n) is 6.46. The Hall–Kier alpha value is -3.19. The summed E-state index contributed by atoms with van der Waals surface area (Å²) in [6.45, 7) is 2.59. The summed E-state index contributed by atoms with van der Waals surface area (Å²) < 4.78 is 25.0. The number of Topliss-reactive ketones (excluding diaryl/α,β-unsaturated/α-hetero) is 1. The summed E-state index contributed by atoms with van der Waals surface area (Å²) in [5.41, 5.74) is 0.315. The van der Waals surface area contributed by atoms with Crippen molar-refractivity contribution in [2.24, 2.45) is 0 Å². The Morgan fingerprint density at radius 3 is 2.45 bits per heavy atom. The number of hydrogen-bond donors (Lipinski definition) is 1. The molecule has 0 aromatic heterocycles. The highest BCUT2D eigenvalue weighted by molar-refractivity contribution is 6.46. The largest absolute Gasteiger partial charge is 0.507 e. The van der Waals surface area contributed by atoms with Crippen LogP contribution in [0.25, 0.3) is 5.76 Å². The lowest BCUT2D eigenvalue weighted by molar-refractivity contribution is -0.140. The zero-order chi connectivity index (χ0) is 21.0. The molecule has 1 heterocycles. The van der Waals surface area contributed by atoms with Crippen LogP contribution in [0.15, 0.2) is 54.1 Å². The predicted molar refractivity (Wildman–Crippen MR) is 105 cm³/mol. The van der Waals surface area contributed by atoms with E-state index in [2.05, 4.69) is 0 Å². The molecule has 0 spiro atoms. The zero-order valence-corrected chi connectivity index (χ0v) is 16.2. The van der Waals surface area contributed by atoms with Crippen molar-refractivity contribution in [3.8, 4) is 5.75 Å². The molecule has 0 unspecified atom stereocenters. The average Bonchev–Trinajstić information content (AvgIpc) is 2.97. The highest BCUT2D eigenvalue weighted by Crippen LogP contribution is 2.40. The topological polar surface area (TPSA) is 76.1 Å². The van der Waals surface area contributed by atoms with Crippen molar-refractivity contribution in [1.29, 1.82) is 0 Å². The van der Waals surface area contributed by atoms with Crippen LogP contribution in [0.1, 0.15) is 24.1 Å². The third kappa shape index (κ3) is 4.00. The first-order valence-electron chi connectivity index (χ1n) is 9.24. The van der Waals surface area contributed by atoms with E-state index in [1.807, 2.05) is 6.92 Å². The van der Waals surface area contributed by atoms with E-state index in [9.17, 15) is 19.1 Å². The van der Waals surface area contributed by atoms with Crippen LogP contribution in [0, 0.1) is 5.82 Å². The van der Waals surface area contributed by atoms with Crippen LogP contribution < -0.4 is 4.74 Å². The fourth-order valence-electron chi connectivity index (χ4n) is 3.35. The lowest BCUT2D eigenvalue weighted by atomic mass is 9.95. The molecule has 29 heavy (non-hydrogen) atoms. The summed E-state index contributed by atoms with van der Waals surface area (Å²) in [5, 5.41) is 10.9. The second kappa shape index (κ2) is 8.87. The summed E-state index contributed by atoms with van der Waals surface area (Å²) in [4.78, 5) is 26.6. The zero-order valence-electron chi connectivity index (χ0n) is 16.2. The van der Waals surface area contributed by atoms with Gasteiger partial charge < -0.3 is 19.5 Å². The molecule has 0 radical (unpaired) electrons. The Balaban J connectivity index is 2.12. The monoisotopic (exact) mass is 399 g/mol. The van der Waals surface area contributed by atoms with Gasteiger partial charge in [0.25, 0.3) is 11.7 Å². The van der Waals surface area contributed by atoms with Crippen LogP contribution >= 0.6 is 0 Å². The van der Waals surface area contributed by atoms with Gasteiger partial charge in [0.2, 0.25) is 0 Å². The van der Waals surface area contributed by atoms with E-state index >= 15 is 0 Å². The van der Waals surface area contributed by atoms with E-state index in [1.54, 1.807) is 30.3 Å². The smallest absolute Gasteiger partial charge is 0.295 e. The fourth-order valence-corrected chi connectivity index (χ4v) is 3.35. The quantitative estimate of drug-likeness (QED) is 0.439. The summed E-state index contributed by atoms with van der Waals surface area (Å²) in [6, 6.07) is 11.3. The number of aliphatic hydroxyl groups is 1. The number of amides is 1. The molecule has 1 atom stereocenters. The molecular formula is C22H22FNO5. The maximum absolute atomic E-state index is 14.6. The molecular weight excluding hydrogens is 377 g/mol. The number of rotatable bonds is 7. The third-order valence-electron chi connectivity index (χ3n) is 4.71. The van der Waals surface area contributed by atoms with Gasteiger partial charge in [-0.25, -0.2) is 4.39 Å². The number of halogens is 1. The number of likely N-dealkylation sites (tertiary alicyclic amines) is 1. The number of benzene rings is 2. The average molecular weight is 399 g/mol. The van der Waals surface area contributed by atoms with Gasteiger partial charge in [0.1, 0.15) is 17.3 Å². The molecule has 1 N–H and O–H groups in total. The molecule has 152 valence electrons. The lowest BCUT2D eigenvalue weighted by Gasteiger charge is -2.25. The van der Waals surface area contributed by atoms with Crippen molar-refractivity contribution in [3.63, 3.8) is 0 Å². The molecule has 2 aromatic carbocycles. The molecule has 1 aliphatic heterocycles. The van der Waals surface area contributed by atoms with Gasteiger partial charge in [-0.15, -0.1) is 0 Å². The van der Waals surface area contributed by atoms with E-state index in [1.165, 1.54) is 30.2 Å². The summed E-state index contributed by atoms with van der Waals surface area (Å²) >= 11 is 0. The van der Waals surface area contributed by atoms with E-state index in [0.717, 1.165) is 0 Å². The van der Waals surface area contributed by atoms with Crippen LogP contribution in [-0.2, 0) is 14.3 Å². The van der Waals surface area contributed by atoms with Crippen LogP contribution in [0.2, 0.25) is 0 Å². The molecule has 7 heteroatoms. The minimum atomic E-state index is -1.04. The van der Waals surface area contributed by atoms with Crippen LogP contribution in [0.3, 0.4) is 0 Å². The van der Waals surface area contributed by atoms with E-state index in [4.69, 9.17) is 9.47 Å². The second-order valence-corrected chi connectivity index (χ2v) is 6.46. The molecule has 3 rings (SSSR count). The van der Waals surface area contributed by atoms with Crippen molar-refractivity contribution in [2.75, 3.05) is 26.9 Å². The normalized spacial score (nSPS) is 18.3. The van der Waals surface area contributed by atoms with Gasteiger partial charge in [-0.1, -0.05) is 18.2 Å². The summed E-state index contributed by atoms with van der Waals surface area (Å²) in [5.74, 6) is -1.99. The lowest BCUT2D eigenvalue weighted by Crippen LogP contribution is -2.33. The molecule has 0 saturated carbocycles. The summed E-state index contributed by atoms with van der Waals surface area (Å²) in [7, 11) is 1.47. The predicted octanol–water partition coefficient (Wildman–Crippen LogP) is 3.29. The third-order valence-corrected chi connectivity index (χ3v) is 4.71. The van der Waals surface area contributed by atoms with Gasteiger partial charge in [-0.3, -0.25) is 9.59 Å². The van der Waals surface area contributed by atoms with Crippen LogP contribution in [-0.4, -0.2) is 48.6 Å². The molecule has 1 fully saturated rings. The number of methoxy groups -OCH3 is 1. The van der Waals surface area contributed by atoms with E-state index in [0.29, 0.717) is 17.9 Å². The molecule has 2 aromatic rings. The number of carbonyl (C=O) groups excluding carboxylic acids is 2. The Morgan fingerprint density at radius 2 is 1.83 bits per heavy atom. The highest BCUT2D eigenvalue weighted by Gasteiger charge is 2.46. The van der Waals surface area contributed by atoms with Gasteiger partial charge in [-0.2, -0.15) is 0 Å². The first-order chi connectivity index (χ1) is 14.0. The number of aliphatic hydroxyl groups excluding tert-OH is 1. The van der Waals surface area contributed by atoms with Crippen molar-refractivity contribution in [1.82, 2.24) is 4.90 Å². The summed E-state index contributed by atoms with van der Waals surface area (Å²) in [6.07, 6.45) is 0. The van der Waals surface area contributed by atoms with Gasteiger partial charge in [-0.05, 0) is 37.3 Å². The fraction of sp³-hybridized carbons (Fsp3) is 0.273. The minimum absolute atomic E-state index is 0.0835. The minimum Gasteiger partial charge on any atom is -0.507 e. The maximum Gasteiger partial charge on any atom is 0.295 e. The molecule has 1 amide bonds. The van der Waals surface area contributed by atoms with Gasteiger partial charge >= 0.3 is 0 Å². The van der Waals surface area contributed by atoms with Crippen molar-refractivity contribution in [3.05, 3.63) is 71.0 Å². The molecule has 6 nitrogen and oxygen atoms in total. The highest BCUT2D eigenvalue weighted by atomic mass is 19.1. The SMILES string of the molecule is CCOc1ccc(C(O)=C2C(=O)C(=O)N(CCOC)[C@H]2c2ccccc2F)cc1. The van der Waals surface area contributed by atoms with Crippen LogP contribution in [0.5, 0.6) is 5.75 Å². The van der Waals surface area contributed by atoms with E-state index in [-0.39, 0.29) is 30.0 Å². The van der Waals surface area contributed by atoms with Crippen LogP contribution in [0.4, 0.5) is 4.39 Å². The number of hydrogen-bond acceptors (Lipinski definition) is 5. The Labute approximate surface area is 168 Å². The first-order valence-corrected chi connectivity index (χ1v) is 9.24. The molecule has 1 saturated heterocycles. The van der Waals surface area contributed by atoms with Gasteiger partial charge in [0.05, 0.1) is 24.8 Å². The molecule has 0 bridgehead atoms. The van der Waals surface area contributed by atoms with Crippen molar-refractivity contribution < 1.29 is 28.6 Å². The number of nitrogens with zero attached hydrogens (tertiary/aromatic N) is 1. The van der Waals surface area contributed by atoms with Crippen molar-refractivity contribution in [2.45, 2.75) is 13.0 Å². The van der Waals surface area contributed by atoms with Crippen molar-refractivity contribution >= 4 is 17.4 Å². The standard InChI is InChI=1S/C22H22FNO5/c1-3-29-15-10-8-14(9-11-15)20(25)18-19(16-6-4-5-7-17(16)23)24(12-13-28-2)22(27)21(18)26/h4-11,19,25H,3,12-13H2,1-2H3/t19-/m0/s1. The van der Waals surface area contributed by atoms with E-state index < -0.39 is 23.5 Å². The number of ketones is 1. The molecule has 1 aliphatic rings.